The Balaban J connectivity index is 1.38. The fraction of sp³-hybridized carbons (Fsp3) is 0.333. The number of nitrogens with zero attached hydrogens (tertiary/aromatic N) is 3. The Hall–Kier alpha value is -3.00. The Morgan fingerprint density at radius 2 is 2.15 bits per heavy atom. The molecular formula is C18H20N6O2. The minimum absolute atomic E-state index is 0.103. The van der Waals surface area contributed by atoms with Gasteiger partial charge >= 0.3 is 0 Å². The minimum Gasteiger partial charge on any atom is -0.388 e. The summed E-state index contributed by atoms with van der Waals surface area (Å²) in [4.78, 5) is 28.2. The average Bonchev–Trinajstić information content (AvgIpc) is 3.06. The first-order chi connectivity index (χ1) is 12.7. The molecule has 0 aliphatic heterocycles. The van der Waals surface area contributed by atoms with Crippen LogP contribution in [-0.2, 0) is 6.61 Å². The van der Waals surface area contributed by atoms with Crippen LogP contribution in [0.3, 0.4) is 0 Å². The number of aromatic amines is 1. The van der Waals surface area contributed by atoms with Crippen molar-refractivity contribution in [3.63, 3.8) is 0 Å². The zero-order valence-corrected chi connectivity index (χ0v) is 14.4. The van der Waals surface area contributed by atoms with E-state index in [9.17, 15) is 4.79 Å². The lowest BCUT2D eigenvalue weighted by Crippen LogP contribution is -2.43. The number of benzene rings is 1. The van der Waals surface area contributed by atoms with Crippen LogP contribution in [0.25, 0.3) is 11.0 Å². The van der Waals surface area contributed by atoms with Gasteiger partial charge in [-0.1, -0.05) is 0 Å². The number of rotatable bonds is 5. The van der Waals surface area contributed by atoms with E-state index in [1.807, 2.05) is 13.1 Å². The number of imidazole rings is 1. The molecule has 1 aliphatic rings. The number of hydrogen-bond acceptors (Lipinski definition) is 6. The van der Waals surface area contributed by atoms with Gasteiger partial charge in [-0.15, -0.1) is 0 Å². The zero-order valence-electron chi connectivity index (χ0n) is 14.4. The molecule has 1 aromatic carbocycles. The quantitative estimate of drug-likeness (QED) is 0.554. The third-order valence-electron chi connectivity index (χ3n) is 4.78. The van der Waals surface area contributed by atoms with Crippen molar-refractivity contribution in [3.05, 3.63) is 47.7 Å². The van der Waals surface area contributed by atoms with Gasteiger partial charge in [0.05, 0.1) is 11.0 Å². The monoisotopic (exact) mass is 352 g/mol. The van der Waals surface area contributed by atoms with Gasteiger partial charge in [0.25, 0.3) is 5.91 Å². The Kier molecular flexibility index (Phi) is 4.26. The lowest BCUT2D eigenvalue weighted by Gasteiger charge is -2.35. The Labute approximate surface area is 150 Å². The van der Waals surface area contributed by atoms with Gasteiger partial charge in [-0.3, -0.25) is 4.79 Å². The standard InChI is InChI=1S/C18H20N6O2/c1-19-16-7-14(20-9-21-16)11-4-12(5-11)22-18(26)10-2-3-13-15(6-10)24-17(8-25)23-13/h2-3,6-7,9,11-12,25H,4-5,8H2,1H3,(H,22,26)(H,23,24)(H,19,20,21). The SMILES string of the molecule is CNc1cc(C2CC(NC(=O)c3ccc4nc(CO)[nH]c4c3)C2)ncn1. The number of nitrogens with one attached hydrogen (secondary N) is 3. The highest BCUT2D eigenvalue weighted by Crippen LogP contribution is 2.36. The maximum atomic E-state index is 12.5. The molecule has 26 heavy (non-hydrogen) atoms. The number of aromatic nitrogens is 4. The summed E-state index contributed by atoms with van der Waals surface area (Å²) in [5.74, 6) is 1.54. The summed E-state index contributed by atoms with van der Waals surface area (Å²) in [6.45, 7) is -0.155. The first-order valence-electron chi connectivity index (χ1n) is 8.56. The zero-order chi connectivity index (χ0) is 18.1. The normalized spacial score (nSPS) is 19.2. The number of carbonyl (C=O) groups is 1. The van der Waals surface area contributed by atoms with Crippen LogP contribution in [0, 0.1) is 0 Å². The van der Waals surface area contributed by atoms with Gasteiger partial charge in [0.2, 0.25) is 0 Å². The summed E-state index contributed by atoms with van der Waals surface area (Å²) in [5.41, 5.74) is 3.06. The molecule has 0 radical (unpaired) electrons. The van der Waals surface area contributed by atoms with Crippen LogP contribution in [0.15, 0.2) is 30.6 Å². The molecular weight excluding hydrogens is 332 g/mol. The summed E-state index contributed by atoms with van der Waals surface area (Å²) < 4.78 is 0. The maximum absolute atomic E-state index is 12.5. The number of H-pyrrole nitrogens is 1. The van der Waals surface area contributed by atoms with E-state index >= 15 is 0 Å². The van der Waals surface area contributed by atoms with E-state index in [2.05, 4.69) is 30.6 Å². The number of aliphatic hydroxyl groups excluding tert-OH is 1. The molecule has 2 aromatic heterocycles. The van der Waals surface area contributed by atoms with Gasteiger partial charge in [0.1, 0.15) is 24.6 Å². The van der Waals surface area contributed by atoms with E-state index in [-0.39, 0.29) is 18.6 Å². The second-order valence-corrected chi connectivity index (χ2v) is 6.49. The van der Waals surface area contributed by atoms with Crippen molar-refractivity contribution in [1.29, 1.82) is 0 Å². The number of amides is 1. The molecule has 4 N–H and O–H groups in total. The van der Waals surface area contributed by atoms with E-state index in [0.717, 1.165) is 35.4 Å². The van der Waals surface area contributed by atoms with Crippen molar-refractivity contribution >= 4 is 22.8 Å². The molecule has 134 valence electrons. The minimum atomic E-state index is -0.155. The highest BCUT2D eigenvalue weighted by atomic mass is 16.3. The van der Waals surface area contributed by atoms with Crippen molar-refractivity contribution in [3.8, 4) is 0 Å². The van der Waals surface area contributed by atoms with Gasteiger partial charge in [0.15, 0.2) is 0 Å². The lowest BCUT2D eigenvalue weighted by atomic mass is 9.78. The van der Waals surface area contributed by atoms with Crippen molar-refractivity contribution in [1.82, 2.24) is 25.3 Å². The van der Waals surface area contributed by atoms with E-state index in [0.29, 0.717) is 17.3 Å². The summed E-state index contributed by atoms with van der Waals surface area (Å²) >= 11 is 0. The smallest absolute Gasteiger partial charge is 0.251 e. The molecule has 0 bridgehead atoms. The fourth-order valence-electron chi connectivity index (χ4n) is 3.26. The summed E-state index contributed by atoms with van der Waals surface area (Å²) in [7, 11) is 1.83. The van der Waals surface area contributed by atoms with Crippen LogP contribution in [-0.4, -0.2) is 44.0 Å². The highest BCUT2D eigenvalue weighted by molar-refractivity contribution is 5.97. The topological polar surface area (TPSA) is 116 Å². The maximum Gasteiger partial charge on any atom is 0.251 e. The molecule has 1 fully saturated rings. The summed E-state index contributed by atoms with van der Waals surface area (Å²) in [5, 5.41) is 15.2. The molecule has 1 saturated carbocycles. The van der Waals surface area contributed by atoms with Crippen LogP contribution in [0.1, 0.15) is 40.6 Å². The van der Waals surface area contributed by atoms with Crippen LogP contribution in [0.5, 0.6) is 0 Å². The van der Waals surface area contributed by atoms with Gasteiger partial charge in [-0.25, -0.2) is 15.0 Å². The second kappa shape index (κ2) is 6.72. The third-order valence-corrected chi connectivity index (χ3v) is 4.78. The van der Waals surface area contributed by atoms with Crippen molar-refractivity contribution in [2.75, 3.05) is 12.4 Å². The molecule has 1 amide bonds. The lowest BCUT2D eigenvalue weighted by molar-refractivity contribution is 0.0908. The Bertz CT molecular complexity index is 948. The number of hydrogen-bond donors (Lipinski definition) is 4. The molecule has 0 unspecified atom stereocenters. The summed E-state index contributed by atoms with van der Waals surface area (Å²) in [6.07, 6.45) is 3.30. The highest BCUT2D eigenvalue weighted by Gasteiger charge is 2.32. The Morgan fingerprint density at radius 3 is 2.92 bits per heavy atom. The predicted octanol–water partition coefficient (Wildman–Crippen LogP) is 1.56. The average molecular weight is 352 g/mol. The van der Waals surface area contributed by atoms with E-state index in [4.69, 9.17) is 5.11 Å². The van der Waals surface area contributed by atoms with Crippen LogP contribution in [0.4, 0.5) is 5.82 Å². The van der Waals surface area contributed by atoms with E-state index in [1.165, 1.54) is 0 Å². The number of anilines is 1. The number of aliphatic hydroxyl groups is 1. The second-order valence-electron chi connectivity index (χ2n) is 6.49. The molecule has 8 nitrogen and oxygen atoms in total. The molecule has 0 saturated heterocycles. The van der Waals surface area contributed by atoms with Gasteiger partial charge in [-0.05, 0) is 31.0 Å². The third kappa shape index (κ3) is 3.11. The van der Waals surface area contributed by atoms with Crippen LogP contribution >= 0.6 is 0 Å². The molecule has 2 heterocycles. The molecule has 0 atom stereocenters. The molecule has 8 heteroatoms. The molecule has 0 spiro atoms. The largest absolute Gasteiger partial charge is 0.388 e. The van der Waals surface area contributed by atoms with Crippen molar-refractivity contribution in [2.24, 2.45) is 0 Å². The first-order valence-corrected chi connectivity index (χ1v) is 8.56. The van der Waals surface area contributed by atoms with Crippen molar-refractivity contribution in [2.45, 2.75) is 31.4 Å². The molecule has 3 aromatic rings. The van der Waals surface area contributed by atoms with E-state index < -0.39 is 0 Å². The number of carbonyl (C=O) groups excluding carboxylic acids is 1. The van der Waals surface area contributed by atoms with Gasteiger partial charge in [-0.2, -0.15) is 0 Å². The fourth-order valence-corrected chi connectivity index (χ4v) is 3.26. The Morgan fingerprint density at radius 1 is 1.31 bits per heavy atom. The predicted molar refractivity (Wildman–Crippen MR) is 96.8 cm³/mol. The summed E-state index contributed by atoms with van der Waals surface area (Å²) in [6, 6.07) is 7.39. The van der Waals surface area contributed by atoms with E-state index in [1.54, 1.807) is 24.5 Å². The number of fused-ring (bicyclic) bond motifs is 1. The van der Waals surface area contributed by atoms with Crippen LogP contribution < -0.4 is 10.6 Å². The molecule has 4 rings (SSSR count). The van der Waals surface area contributed by atoms with Gasteiger partial charge < -0.3 is 20.7 Å². The molecule has 1 aliphatic carbocycles. The van der Waals surface area contributed by atoms with Crippen LogP contribution in [0.2, 0.25) is 0 Å². The first kappa shape index (κ1) is 16.5. The van der Waals surface area contributed by atoms with Crippen molar-refractivity contribution < 1.29 is 9.90 Å². The van der Waals surface area contributed by atoms with Gasteiger partial charge in [0, 0.05) is 36.3 Å².